The number of amides is 1. The number of carbonyl (C=O) groups excluding carboxylic acids is 1. The average molecular weight is 412 g/mol. The maximum atomic E-state index is 12.9. The molecule has 7 heteroatoms. The summed E-state index contributed by atoms with van der Waals surface area (Å²) in [6.07, 6.45) is -0.686. The van der Waals surface area contributed by atoms with Crippen molar-refractivity contribution >= 4 is 12.1 Å². The van der Waals surface area contributed by atoms with Crippen molar-refractivity contribution in [1.29, 1.82) is 0 Å². The highest BCUT2D eigenvalue weighted by molar-refractivity contribution is 5.81. The van der Waals surface area contributed by atoms with Gasteiger partial charge in [-0.3, -0.25) is 4.90 Å². The standard InChI is InChI=1S/C23H28N2O5/c1-15(2)30-23(28)25-19(22(26)27)13-18(21(25)16-9-5-4-6-10-16)24-14-17-11-7-8-12-20(17)29-3/h4-12,15,18-19,21,24H,13-14H2,1-3H3,(H,26,27). The number of likely N-dealkylation sites (tertiary alicyclic amines) is 1. The lowest BCUT2D eigenvalue weighted by molar-refractivity contribution is -0.142. The Hall–Kier alpha value is -3.06. The Kier molecular flexibility index (Phi) is 6.95. The topological polar surface area (TPSA) is 88.1 Å². The number of nitrogens with zero attached hydrogens (tertiary/aromatic N) is 1. The number of ether oxygens (including phenoxy) is 2. The fourth-order valence-electron chi connectivity index (χ4n) is 3.92. The zero-order valence-corrected chi connectivity index (χ0v) is 17.4. The summed E-state index contributed by atoms with van der Waals surface area (Å²) in [5.41, 5.74) is 1.82. The summed E-state index contributed by atoms with van der Waals surface area (Å²) in [4.78, 5) is 26.2. The summed E-state index contributed by atoms with van der Waals surface area (Å²) in [5.74, 6) is -0.289. The molecule has 2 aromatic carbocycles. The number of aliphatic carboxylic acids is 1. The first-order valence-electron chi connectivity index (χ1n) is 10.0. The smallest absolute Gasteiger partial charge is 0.411 e. The lowest BCUT2D eigenvalue weighted by atomic mass is 9.99. The molecule has 3 unspecified atom stereocenters. The van der Waals surface area contributed by atoms with Gasteiger partial charge in [0.05, 0.1) is 19.3 Å². The maximum absolute atomic E-state index is 12.9. The molecule has 3 atom stereocenters. The molecule has 0 aliphatic carbocycles. The molecule has 3 rings (SSSR count). The van der Waals surface area contributed by atoms with Crippen molar-refractivity contribution in [3.05, 3.63) is 65.7 Å². The minimum absolute atomic E-state index is 0.266. The number of para-hydroxylation sites is 1. The third-order valence-electron chi connectivity index (χ3n) is 5.21. The molecule has 7 nitrogen and oxygen atoms in total. The van der Waals surface area contributed by atoms with Crippen LogP contribution < -0.4 is 10.1 Å². The van der Waals surface area contributed by atoms with Crippen LogP contribution in [0.1, 0.15) is 37.4 Å². The van der Waals surface area contributed by atoms with Crippen molar-refractivity contribution in [3.63, 3.8) is 0 Å². The van der Waals surface area contributed by atoms with Crippen LogP contribution in [-0.2, 0) is 16.1 Å². The zero-order valence-electron chi connectivity index (χ0n) is 17.4. The van der Waals surface area contributed by atoms with E-state index in [0.29, 0.717) is 6.54 Å². The van der Waals surface area contributed by atoms with E-state index in [1.165, 1.54) is 4.90 Å². The molecular formula is C23H28N2O5. The highest BCUT2D eigenvalue weighted by atomic mass is 16.6. The monoisotopic (exact) mass is 412 g/mol. The average Bonchev–Trinajstić information content (AvgIpc) is 3.12. The van der Waals surface area contributed by atoms with Crippen LogP contribution in [0.5, 0.6) is 5.75 Å². The Morgan fingerprint density at radius 2 is 1.80 bits per heavy atom. The molecule has 1 saturated heterocycles. The van der Waals surface area contributed by atoms with Gasteiger partial charge in [-0.25, -0.2) is 9.59 Å². The molecule has 0 saturated carbocycles. The van der Waals surface area contributed by atoms with Crippen LogP contribution in [-0.4, -0.2) is 47.4 Å². The minimum Gasteiger partial charge on any atom is -0.496 e. The summed E-state index contributed by atoms with van der Waals surface area (Å²) in [5, 5.41) is 13.3. The van der Waals surface area contributed by atoms with E-state index in [9.17, 15) is 14.7 Å². The Morgan fingerprint density at radius 3 is 2.43 bits per heavy atom. The molecule has 1 amide bonds. The van der Waals surface area contributed by atoms with E-state index in [-0.39, 0.29) is 18.6 Å². The van der Waals surface area contributed by atoms with Gasteiger partial charge in [-0.1, -0.05) is 48.5 Å². The van der Waals surface area contributed by atoms with Crippen LogP contribution in [0.4, 0.5) is 4.79 Å². The zero-order chi connectivity index (χ0) is 21.7. The van der Waals surface area contributed by atoms with Gasteiger partial charge in [0.2, 0.25) is 0 Å². The first-order chi connectivity index (χ1) is 14.4. The van der Waals surface area contributed by atoms with Crippen LogP contribution in [0, 0.1) is 0 Å². The second-order valence-corrected chi connectivity index (χ2v) is 7.58. The number of benzene rings is 2. The predicted octanol–water partition coefficient (Wildman–Crippen LogP) is 3.60. The van der Waals surface area contributed by atoms with E-state index in [0.717, 1.165) is 16.9 Å². The summed E-state index contributed by atoms with van der Waals surface area (Å²) in [6, 6.07) is 15.4. The van der Waals surface area contributed by atoms with Crippen molar-refractivity contribution in [3.8, 4) is 5.75 Å². The minimum atomic E-state index is -1.04. The van der Waals surface area contributed by atoms with E-state index >= 15 is 0 Å². The van der Waals surface area contributed by atoms with Crippen LogP contribution in [0.25, 0.3) is 0 Å². The largest absolute Gasteiger partial charge is 0.496 e. The molecule has 1 fully saturated rings. The Morgan fingerprint density at radius 1 is 1.13 bits per heavy atom. The van der Waals surface area contributed by atoms with Crippen LogP contribution in [0.3, 0.4) is 0 Å². The maximum Gasteiger partial charge on any atom is 0.411 e. The molecule has 0 spiro atoms. The summed E-state index contributed by atoms with van der Waals surface area (Å²) >= 11 is 0. The third-order valence-corrected chi connectivity index (χ3v) is 5.21. The van der Waals surface area contributed by atoms with Crippen molar-refractivity contribution in [2.24, 2.45) is 0 Å². The van der Waals surface area contributed by atoms with Crippen molar-refractivity contribution < 1.29 is 24.2 Å². The molecule has 160 valence electrons. The van der Waals surface area contributed by atoms with Crippen LogP contribution in [0.15, 0.2) is 54.6 Å². The molecule has 0 aromatic heterocycles. The molecule has 1 heterocycles. The SMILES string of the molecule is COc1ccccc1CNC1CC(C(=O)O)N(C(=O)OC(C)C)C1c1ccccc1. The molecular weight excluding hydrogens is 384 g/mol. The lowest BCUT2D eigenvalue weighted by Crippen LogP contribution is -2.44. The molecule has 0 bridgehead atoms. The Labute approximate surface area is 176 Å². The third kappa shape index (κ3) is 4.74. The molecule has 30 heavy (non-hydrogen) atoms. The fraction of sp³-hybridized carbons (Fsp3) is 0.391. The van der Waals surface area contributed by atoms with Gasteiger partial charge in [0.15, 0.2) is 0 Å². The number of hydrogen-bond acceptors (Lipinski definition) is 5. The quantitative estimate of drug-likeness (QED) is 0.723. The number of carboxylic acids is 1. The van der Waals surface area contributed by atoms with Gasteiger partial charge >= 0.3 is 12.1 Å². The number of carboxylic acid groups (broad SMARTS) is 1. The van der Waals surface area contributed by atoms with Crippen molar-refractivity contribution in [2.45, 2.75) is 51.0 Å². The lowest BCUT2D eigenvalue weighted by Gasteiger charge is -2.31. The van der Waals surface area contributed by atoms with Gasteiger partial charge in [0, 0.05) is 18.2 Å². The molecule has 1 aliphatic heterocycles. The van der Waals surface area contributed by atoms with E-state index in [1.807, 2.05) is 54.6 Å². The summed E-state index contributed by atoms with van der Waals surface area (Å²) in [6.45, 7) is 3.98. The van der Waals surface area contributed by atoms with Gasteiger partial charge in [-0.15, -0.1) is 0 Å². The van der Waals surface area contributed by atoms with E-state index in [2.05, 4.69) is 5.32 Å². The highest BCUT2D eigenvalue weighted by Crippen LogP contribution is 2.38. The summed E-state index contributed by atoms with van der Waals surface area (Å²) < 4.78 is 10.8. The molecule has 2 aromatic rings. The Bertz CT molecular complexity index is 871. The molecule has 1 aliphatic rings. The van der Waals surface area contributed by atoms with Crippen molar-refractivity contribution in [1.82, 2.24) is 10.2 Å². The van der Waals surface area contributed by atoms with Crippen LogP contribution in [0.2, 0.25) is 0 Å². The van der Waals surface area contributed by atoms with Gasteiger partial charge in [0.1, 0.15) is 11.8 Å². The second-order valence-electron chi connectivity index (χ2n) is 7.58. The van der Waals surface area contributed by atoms with Crippen LogP contribution >= 0.6 is 0 Å². The summed E-state index contributed by atoms with van der Waals surface area (Å²) in [7, 11) is 1.62. The second kappa shape index (κ2) is 9.63. The van der Waals surface area contributed by atoms with E-state index in [4.69, 9.17) is 9.47 Å². The van der Waals surface area contributed by atoms with E-state index in [1.54, 1.807) is 21.0 Å². The van der Waals surface area contributed by atoms with Gasteiger partial charge in [-0.2, -0.15) is 0 Å². The molecule has 2 N–H and O–H groups in total. The number of carbonyl (C=O) groups is 2. The first kappa shape index (κ1) is 21.6. The van der Waals surface area contributed by atoms with Gasteiger partial charge < -0.3 is 19.9 Å². The van der Waals surface area contributed by atoms with Crippen molar-refractivity contribution in [2.75, 3.05) is 7.11 Å². The van der Waals surface area contributed by atoms with Gasteiger partial charge in [-0.05, 0) is 31.9 Å². The number of nitrogens with one attached hydrogen (secondary N) is 1. The number of methoxy groups -OCH3 is 1. The van der Waals surface area contributed by atoms with Gasteiger partial charge in [0.25, 0.3) is 0 Å². The predicted molar refractivity (Wildman–Crippen MR) is 112 cm³/mol. The normalized spacial score (nSPS) is 20.9. The first-order valence-corrected chi connectivity index (χ1v) is 10.0. The van der Waals surface area contributed by atoms with E-state index < -0.39 is 24.1 Å². The fourth-order valence-corrected chi connectivity index (χ4v) is 3.92. The number of hydrogen-bond donors (Lipinski definition) is 2. The molecule has 0 radical (unpaired) electrons. The number of rotatable bonds is 7. The Balaban J connectivity index is 1.92. The highest BCUT2D eigenvalue weighted by Gasteiger charge is 2.48.